The lowest BCUT2D eigenvalue weighted by Crippen LogP contribution is -2.40. The van der Waals surface area contributed by atoms with E-state index in [9.17, 15) is 13.2 Å². The van der Waals surface area contributed by atoms with Gasteiger partial charge in [0.15, 0.2) is 0 Å². The number of halogens is 1. The van der Waals surface area contributed by atoms with Gasteiger partial charge in [-0.25, -0.2) is 13.1 Å². The molecular formula is C19H20ClN3O3S. The maximum atomic E-state index is 12.5. The van der Waals surface area contributed by atoms with Crippen molar-refractivity contribution in [1.29, 1.82) is 5.26 Å². The summed E-state index contributed by atoms with van der Waals surface area (Å²) in [5, 5.41) is 11.6. The van der Waals surface area contributed by atoms with Crippen LogP contribution in [0.4, 0.5) is 0 Å². The minimum absolute atomic E-state index is 0.0374. The summed E-state index contributed by atoms with van der Waals surface area (Å²) < 4.78 is 27.6. The molecule has 0 atom stereocenters. The molecule has 142 valence electrons. The normalized spacial score (nSPS) is 11.7. The number of rotatable bonds is 5. The molecule has 2 aromatic carbocycles. The van der Waals surface area contributed by atoms with Gasteiger partial charge in [-0.15, -0.1) is 0 Å². The molecule has 2 aromatic rings. The van der Waals surface area contributed by atoms with Crippen LogP contribution < -0.4 is 10.0 Å². The summed E-state index contributed by atoms with van der Waals surface area (Å²) >= 11 is 6.04. The van der Waals surface area contributed by atoms with Crippen LogP contribution in [-0.2, 0) is 16.6 Å². The summed E-state index contributed by atoms with van der Waals surface area (Å²) in [6.07, 6.45) is 0. The lowest BCUT2D eigenvalue weighted by atomic mass is 10.1. The Morgan fingerprint density at radius 3 is 2.33 bits per heavy atom. The van der Waals surface area contributed by atoms with Crippen molar-refractivity contribution in [3.05, 3.63) is 64.2 Å². The molecule has 0 aliphatic carbocycles. The minimum Gasteiger partial charge on any atom is -0.348 e. The number of benzene rings is 2. The number of nitriles is 1. The van der Waals surface area contributed by atoms with Gasteiger partial charge in [-0.1, -0.05) is 23.7 Å². The minimum atomic E-state index is -3.87. The van der Waals surface area contributed by atoms with Crippen LogP contribution in [0.3, 0.4) is 0 Å². The van der Waals surface area contributed by atoms with Crippen molar-refractivity contribution in [2.75, 3.05) is 0 Å². The number of nitrogens with zero attached hydrogens (tertiary/aromatic N) is 1. The third-order valence-corrected chi connectivity index (χ3v) is 5.70. The third kappa shape index (κ3) is 5.79. The molecular weight excluding hydrogens is 386 g/mol. The van der Waals surface area contributed by atoms with Gasteiger partial charge in [0.2, 0.25) is 10.0 Å². The smallest absolute Gasteiger partial charge is 0.251 e. The van der Waals surface area contributed by atoms with Crippen LogP contribution in [0.25, 0.3) is 0 Å². The lowest BCUT2D eigenvalue weighted by molar-refractivity contribution is 0.0950. The second-order valence-electron chi connectivity index (χ2n) is 6.99. The first-order valence-corrected chi connectivity index (χ1v) is 9.99. The Kier molecular flexibility index (Phi) is 6.26. The fraction of sp³-hybridized carbons (Fsp3) is 0.263. The van der Waals surface area contributed by atoms with E-state index in [1.165, 1.54) is 18.2 Å². The van der Waals surface area contributed by atoms with Crippen molar-refractivity contribution in [2.45, 2.75) is 37.8 Å². The van der Waals surface area contributed by atoms with Gasteiger partial charge in [-0.2, -0.15) is 5.26 Å². The third-order valence-electron chi connectivity index (χ3n) is 3.46. The fourth-order valence-electron chi connectivity index (χ4n) is 2.29. The molecule has 2 N–H and O–H groups in total. The van der Waals surface area contributed by atoms with Crippen molar-refractivity contribution in [2.24, 2.45) is 0 Å². The van der Waals surface area contributed by atoms with Crippen LogP contribution in [0.2, 0.25) is 5.02 Å². The van der Waals surface area contributed by atoms with Crippen molar-refractivity contribution in [3.63, 3.8) is 0 Å². The summed E-state index contributed by atoms with van der Waals surface area (Å²) in [5.74, 6) is -0.428. The van der Waals surface area contributed by atoms with E-state index >= 15 is 0 Å². The average Bonchev–Trinajstić information content (AvgIpc) is 2.58. The van der Waals surface area contributed by atoms with Gasteiger partial charge in [0.05, 0.1) is 16.7 Å². The first-order chi connectivity index (χ1) is 12.5. The Labute approximate surface area is 164 Å². The van der Waals surface area contributed by atoms with Gasteiger partial charge in [-0.3, -0.25) is 4.79 Å². The number of sulfonamides is 1. The summed E-state index contributed by atoms with van der Waals surface area (Å²) in [5.41, 5.74) is 0.848. The number of carbonyl (C=O) groups excluding carboxylic acids is 1. The Hall–Kier alpha value is -2.40. The van der Waals surface area contributed by atoms with Crippen molar-refractivity contribution in [3.8, 4) is 6.07 Å². The van der Waals surface area contributed by atoms with Gasteiger partial charge in [0.25, 0.3) is 5.91 Å². The van der Waals surface area contributed by atoms with Gasteiger partial charge in [0.1, 0.15) is 4.90 Å². The Bertz CT molecular complexity index is 988. The molecule has 27 heavy (non-hydrogen) atoms. The predicted molar refractivity (Wildman–Crippen MR) is 104 cm³/mol. The Balaban J connectivity index is 2.18. The van der Waals surface area contributed by atoms with Crippen LogP contribution in [-0.4, -0.2) is 19.9 Å². The number of carbonyl (C=O) groups is 1. The van der Waals surface area contributed by atoms with Crippen LogP contribution in [0.1, 0.15) is 42.3 Å². The zero-order valence-electron chi connectivity index (χ0n) is 15.2. The molecule has 0 heterocycles. The molecule has 0 aliphatic heterocycles. The topological polar surface area (TPSA) is 99.1 Å². The molecule has 0 aromatic heterocycles. The molecule has 0 radical (unpaired) electrons. The van der Waals surface area contributed by atoms with Crippen LogP contribution in [0.15, 0.2) is 47.4 Å². The maximum Gasteiger partial charge on any atom is 0.251 e. The summed E-state index contributed by atoms with van der Waals surface area (Å²) in [6.45, 7) is 5.39. The fourth-order valence-corrected chi connectivity index (χ4v) is 4.24. The first-order valence-electron chi connectivity index (χ1n) is 8.12. The molecule has 0 saturated carbocycles. The van der Waals surface area contributed by atoms with Crippen molar-refractivity contribution < 1.29 is 13.2 Å². The van der Waals surface area contributed by atoms with Crippen LogP contribution in [0.5, 0.6) is 0 Å². The molecule has 2 rings (SSSR count). The highest BCUT2D eigenvalue weighted by Gasteiger charge is 2.25. The highest BCUT2D eigenvalue weighted by Crippen LogP contribution is 2.24. The predicted octanol–water partition coefficient (Wildman–Crippen LogP) is 3.22. The van der Waals surface area contributed by atoms with Crippen LogP contribution in [0, 0.1) is 11.3 Å². The van der Waals surface area contributed by atoms with Gasteiger partial charge in [0, 0.05) is 17.6 Å². The summed E-state index contributed by atoms with van der Waals surface area (Å²) in [7, 11) is -3.87. The molecule has 6 nitrogen and oxygen atoms in total. The monoisotopic (exact) mass is 405 g/mol. The molecule has 0 aliphatic rings. The molecule has 0 unspecified atom stereocenters. The lowest BCUT2D eigenvalue weighted by Gasteiger charge is -2.21. The van der Waals surface area contributed by atoms with Crippen molar-refractivity contribution >= 4 is 27.5 Å². The highest BCUT2D eigenvalue weighted by atomic mass is 35.5. The SMILES string of the molecule is CC(C)(C)NS(=O)(=O)c1cc(C(=O)NCc2ccc(C#N)cc2)ccc1Cl. The second kappa shape index (κ2) is 8.09. The largest absolute Gasteiger partial charge is 0.348 e. The quantitative estimate of drug-likeness (QED) is 0.797. The van der Waals surface area contributed by atoms with E-state index in [2.05, 4.69) is 10.0 Å². The Morgan fingerprint density at radius 1 is 1.15 bits per heavy atom. The zero-order valence-corrected chi connectivity index (χ0v) is 16.8. The van der Waals surface area contributed by atoms with E-state index in [0.717, 1.165) is 5.56 Å². The van der Waals surface area contributed by atoms with Gasteiger partial charge >= 0.3 is 0 Å². The second-order valence-corrected chi connectivity index (χ2v) is 9.05. The van der Waals surface area contributed by atoms with E-state index in [0.29, 0.717) is 5.56 Å². The average molecular weight is 406 g/mol. The van der Waals surface area contributed by atoms with Gasteiger partial charge in [-0.05, 0) is 56.7 Å². The van der Waals surface area contributed by atoms with E-state index in [4.69, 9.17) is 16.9 Å². The number of amides is 1. The highest BCUT2D eigenvalue weighted by molar-refractivity contribution is 7.89. The van der Waals surface area contributed by atoms with Crippen LogP contribution >= 0.6 is 11.6 Å². The van der Waals surface area contributed by atoms with E-state index in [-0.39, 0.29) is 22.0 Å². The molecule has 0 bridgehead atoms. The standard InChI is InChI=1S/C19H20ClN3O3S/c1-19(2,3)23-27(25,26)17-10-15(8-9-16(17)20)18(24)22-12-14-6-4-13(11-21)5-7-14/h4-10,23H,12H2,1-3H3,(H,22,24). The Morgan fingerprint density at radius 2 is 1.78 bits per heavy atom. The number of hydrogen-bond acceptors (Lipinski definition) is 4. The molecule has 0 spiro atoms. The number of nitrogens with one attached hydrogen (secondary N) is 2. The van der Waals surface area contributed by atoms with E-state index in [1.807, 2.05) is 6.07 Å². The number of hydrogen-bond donors (Lipinski definition) is 2. The van der Waals surface area contributed by atoms with Gasteiger partial charge < -0.3 is 5.32 Å². The molecule has 0 fully saturated rings. The summed E-state index contributed by atoms with van der Waals surface area (Å²) in [6, 6.07) is 12.9. The zero-order chi connectivity index (χ0) is 20.2. The molecule has 1 amide bonds. The first kappa shape index (κ1) is 20.9. The van der Waals surface area contributed by atoms with Crippen molar-refractivity contribution in [1.82, 2.24) is 10.0 Å². The van der Waals surface area contributed by atoms with E-state index in [1.54, 1.807) is 45.0 Å². The molecule has 0 saturated heterocycles. The van der Waals surface area contributed by atoms with E-state index < -0.39 is 21.5 Å². The maximum absolute atomic E-state index is 12.5. The summed E-state index contributed by atoms with van der Waals surface area (Å²) in [4.78, 5) is 12.2. The molecule has 8 heteroatoms.